The highest BCUT2D eigenvalue weighted by Gasteiger charge is 2.31. The zero-order valence-corrected chi connectivity index (χ0v) is 26.3. The van der Waals surface area contributed by atoms with E-state index < -0.39 is 0 Å². The molecule has 0 heterocycles. The van der Waals surface area contributed by atoms with E-state index in [1.54, 1.807) is 24.3 Å². The van der Waals surface area contributed by atoms with E-state index in [0.717, 1.165) is 28.1 Å². The van der Waals surface area contributed by atoms with E-state index in [4.69, 9.17) is 0 Å². The van der Waals surface area contributed by atoms with E-state index in [9.17, 15) is 10.2 Å². The van der Waals surface area contributed by atoms with Gasteiger partial charge < -0.3 is 15.5 Å². The summed E-state index contributed by atoms with van der Waals surface area (Å²) in [7, 11) is 0. The van der Waals surface area contributed by atoms with Gasteiger partial charge in [0.25, 0.3) is 0 Å². The van der Waals surface area contributed by atoms with Crippen LogP contribution in [0.2, 0.25) is 0 Å². The minimum Gasteiger partial charge on any atom is -0.508 e. The normalized spacial score (nSPS) is 10.8. The summed E-state index contributed by atoms with van der Waals surface area (Å²) in [6, 6.07) is 62.6. The van der Waals surface area contributed by atoms with E-state index in [0.29, 0.717) is 0 Å². The molecule has 7 aromatic rings. The molecule has 3 N–H and O–H groups in total. The zero-order chi connectivity index (χ0) is 32.5. The van der Waals surface area contributed by atoms with Crippen LogP contribution in [-0.4, -0.2) is 10.2 Å². The highest BCUT2D eigenvalue weighted by atomic mass is 16.3. The van der Waals surface area contributed by atoms with Gasteiger partial charge in [-0.25, -0.2) is 0 Å². The Morgan fingerprint density at radius 2 is 0.681 bits per heavy atom. The lowest BCUT2D eigenvalue weighted by Gasteiger charge is -2.32. The summed E-state index contributed by atoms with van der Waals surface area (Å²) in [6.07, 6.45) is 0. The molecule has 47 heavy (non-hydrogen) atoms. The predicted molar refractivity (Wildman–Crippen MR) is 195 cm³/mol. The fourth-order valence-corrected chi connectivity index (χ4v) is 5.93. The largest absolute Gasteiger partial charge is 0.508 e. The van der Waals surface area contributed by atoms with E-state index in [1.807, 2.05) is 54.6 Å². The first-order valence-corrected chi connectivity index (χ1v) is 15.7. The average Bonchev–Trinajstić information content (AvgIpc) is 3.14. The maximum absolute atomic E-state index is 9.57. The number of anilines is 2. The van der Waals surface area contributed by atoms with Gasteiger partial charge in [0.2, 0.25) is 0 Å². The first kappa shape index (κ1) is 30.9. The minimum atomic E-state index is -0.358. The molecule has 0 aromatic heterocycles. The zero-order valence-electron chi connectivity index (χ0n) is 26.3. The van der Waals surface area contributed by atoms with Crippen molar-refractivity contribution < 1.29 is 10.2 Å². The number of phenolic OH excluding ortho intramolecular Hbond substituents is 2. The van der Waals surface area contributed by atoms with Crippen LogP contribution in [0.25, 0.3) is 22.3 Å². The Kier molecular flexibility index (Phi) is 9.45. The van der Waals surface area contributed by atoms with Crippen LogP contribution in [0.5, 0.6) is 11.5 Å². The van der Waals surface area contributed by atoms with Gasteiger partial charge in [0.15, 0.2) is 0 Å². The summed E-state index contributed by atoms with van der Waals surface area (Å²) in [5, 5.41) is 22.8. The number of rotatable bonds is 7. The van der Waals surface area contributed by atoms with Crippen molar-refractivity contribution in [3.8, 4) is 33.8 Å². The van der Waals surface area contributed by atoms with Crippen LogP contribution in [0, 0.1) is 0 Å². The monoisotopic (exact) mass is 611 g/mol. The molecule has 0 bridgehead atoms. The summed E-state index contributed by atoms with van der Waals surface area (Å²) < 4.78 is 0. The molecular weight excluding hydrogens is 574 g/mol. The van der Waals surface area contributed by atoms with Crippen molar-refractivity contribution in [1.82, 2.24) is 0 Å². The van der Waals surface area contributed by atoms with Crippen LogP contribution in [0.15, 0.2) is 188 Å². The summed E-state index contributed by atoms with van der Waals surface area (Å²) in [6.45, 7) is 2.15. The number of aromatic hydroxyl groups is 2. The lowest BCUT2D eigenvalue weighted by atomic mass is 9.71. The Balaban J connectivity index is 0.000000166. The van der Waals surface area contributed by atoms with Crippen molar-refractivity contribution in [2.45, 2.75) is 12.3 Å². The van der Waals surface area contributed by atoms with Crippen LogP contribution in [-0.2, 0) is 5.41 Å². The maximum Gasteiger partial charge on any atom is 0.115 e. The van der Waals surface area contributed by atoms with Crippen molar-refractivity contribution in [1.29, 1.82) is 0 Å². The first-order valence-electron chi connectivity index (χ1n) is 15.7. The molecule has 0 unspecified atom stereocenters. The molecule has 3 heteroatoms. The minimum absolute atomic E-state index is 0.255. The van der Waals surface area contributed by atoms with Gasteiger partial charge in [0, 0.05) is 27.9 Å². The molecule has 230 valence electrons. The first-order chi connectivity index (χ1) is 23.0. The van der Waals surface area contributed by atoms with E-state index in [2.05, 4.69) is 121 Å². The third-order valence-corrected chi connectivity index (χ3v) is 8.53. The Labute approximate surface area is 277 Å². The SMILES string of the molecule is CC(c1ccccc1)(c1ccc(O)cc1)c1ccc(O)cc1.c1ccc(-c2ccccc2Nc2ccccc2-c2ccccc2)cc1. The molecule has 7 rings (SSSR count). The van der Waals surface area contributed by atoms with Gasteiger partial charge in [0.1, 0.15) is 11.5 Å². The molecule has 0 spiro atoms. The average molecular weight is 612 g/mol. The second-order valence-corrected chi connectivity index (χ2v) is 11.5. The number of benzene rings is 7. The predicted octanol–water partition coefficient (Wildman–Crippen LogP) is 11.2. The van der Waals surface area contributed by atoms with Gasteiger partial charge in [0.05, 0.1) is 0 Å². The van der Waals surface area contributed by atoms with Gasteiger partial charge in [-0.3, -0.25) is 0 Å². The highest BCUT2D eigenvalue weighted by molar-refractivity contribution is 5.86. The van der Waals surface area contributed by atoms with Crippen molar-refractivity contribution in [3.05, 3.63) is 205 Å². The Hall–Kier alpha value is -6.06. The third-order valence-electron chi connectivity index (χ3n) is 8.53. The molecule has 0 aliphatic heterocycles. The molecule has 0 aliphatic rings. The lowest BCUT2D eigenvalue weighted by Crippen LogP contribution is -2.25. The molecule has 0 amide bonds. The summed E-state index contributed by atoms with van der Waals surface area (Å²) in [5.41, 5.74) is 10.0. The number of para-hydroxylation sites is 2. The van der Waals surface area contributed by atoms with Crippen LogP contribution in [0.3, 0.4) is 0 Å². The molecule has 0 saturated heterocycles. The van der Waals surface area contributed by atoms with Crippen molar-refractivity contribution in [2.24, 2.45) is 0 Å². The van der Waals surface area contributed by atoms with Crippen molar-refractivity contribution in [2.75, 3.05) is 5.32 Å². The highest BCUT2D eigenvalue weighted by Crippen LogP contribution is 2.40. The number of phenols is 2. The van der Waals surface area contributed by atoms with Gasteiger partial charge in [-0.05, 0) is 71.1 Å². The fourth-order valence-electron chi connectivity index (χ4n) is 5.93. The summed E-state index contributed by atoms with van der Waals surface area (Å²) >= 11 is 0. The van der Waals surface area contributed by atoms with Gasteiger partial charge in [-0.1, -0.05) is 152 Å². The smallest absolute Gasteiger partial charge is 0.115 e. The van der Waals surface area contributed by atoms with Crippen LogP contribution in [0.4, 0.5) is 11.4 Å². The van der Waals surface area contributed by atoms with E-state index in [1.165, 1.54) is 22.3 Å². The lowest BCUT2D eigenvalue weighted by molar-refractivity contribution is 0.474. The maximum atomic E-state index is 9.57. The molecule has 0 fully saturated rings. The molecule has 0 saturated carbocycles. The molecule has 7 aromatic carbocycles. The summed E-state index contributed by atoms with van der Waals surface area (Å²) in [4.78, 5) is 0. The number of hydrogen-bond donors (Lipinski definition) is 3. The molecule has 0 atom stereocenters. The quantitative estimate of drug-likeness (QED) is 0.157. The fraction of sp³-hybridized carbons (Fsp3) is 0.0455. The van der Waals surface area contributed by atoms with Gasteiger partial charge in [-0.15, -0.1) is 0 Å². The van der Waals surface area contributed by atoms with Crippen LogP contribution < -0.4 is 5.32 Å². The molecule has 0 aliphatic carbocycles. The Morgan fingerprint density at radius 3 is 1.09 bits per heavy atom. The van der Waals surface area contributed by atoms with Crippen molar-refractivity contribution in [3.63, 3.8) is 0 Å². The van der Waals surface area contributed by atoms with Gasteiger partial charge in [-0.2, -0.15) is 0 Å². The molecule has 0 radical (unpaired) electrons. The van der Waals surface area contributed by atoms with E-state index >= 15 is 0 Å². The topological polar surface area (TPSA) is 52.5 Å². The number of nitrogens with one attached hydrogen (secondary N) is 1. The van der Waals surface area contributed by atoms with Crippen molar-refractivity contribution >= 4 is 11.4 Å². The van der Waals surface area contributed by atoms with E-state index in [-0.39, 0.29) is 16.9 Å². The number of hydrogen-bond acceptors (Lipinski definition) is 3. The third kappa shape index (κ3) is 7.11. The second-order valence-electron chi connectivity index (χ2n) is 11.5. The van der Waals surface area contributed by atoms with Gasteiger partial charge >= 0.3 is 0 Å². The molecule has 3 nitrogen and oxygen atoms in total. The Morgan fingerprint density at radius 1 is 0.362 bits per heavy atom. The standard InChI is InChI=1S/C24H19N.C20H18O2/c1-3-11-19(12-4-1)21-15-7-9-17-23(21)25-24-18-10-8-16-22(24)20-13-5-2-6-14-20;1-20(15-5-3-2-4-6-15,16-7-11-18(21)12-8-16)17-9-13-19(22)14-10-17/h1-18,25H;2-14,21-22H,1H3. The summed E-state index contributed by atoms with van der Waals surface area (Å²) in [5.74, 6) is 0.509. The molecular formula is C44H37NO2. The second kappa shape index (κ2) is 14.4. The van der Waals surface area contributed by atoms with Crippen LogP contribution >= 0.6 is 0 Å². The van der Waals surface area contributed by atoms with Crippen LogP contribution in [0.1, 0.15) is 23.6 Å². The Bertz CT molecular complexity index is 1880.